The molecule has 1 aliphatic rings. The predicted molar refractivity (Wildman–Crippen MR) is 85.3 cm³/mol. The molecule has 0 bridgehead atoms. The number of nitrogens with two attached hydrogens (primary N) is 1. The fourth-order valence-corrected chi connectivity index (χ4v) is 2.66. The van der Waals surface area contributed by atoms with Gasteiger partial charge in [-0.05, 0) is 6.42 Å². The first-order chi connectivity index (χ1) is 11.6. The summed E-state index contributed by atoms with van der Waals surface area (Å²) in [5.41, 5.74) is 3.91. The van der Waals surface area contributed by atoms with Crippen LogP contribution in [0.1, 0.15) is 19.4 Å². The number of anilines is 1. The largest absolute Gasteiger partial charge is 0.476 e. The van der Waals surface area contributed by atoms with E-state index in [1.165, 1.54) is 4.90 Å². The van der Waals surface area contributed by atoms with Crippen molar-refractivity contribution in [2.75, 3.05) is 18.1 Å². The number of rotatable bonds is 6. The monoisotopic (exact) mass is 352 g/mol. The van der Waals surface area contributed by atoms with E-state index in [-0.39, 0.29) is 35.9 Å². The Morgan fingerprint density at radius 3 is 2.36 bits per heavy atom. The van der Waals surface area contributed by atoms with E-state index < -0.39 is 39.7 Å². The molecule has 2 rings (SSSR count). The number of nitro groups is 2. The molecule has 1 heterocycles. The fourth-order valence-electron chi connectivity index (χ4n) is 2.66. The highest BCUT2D eigenvalue weighted by Crippen LogP contribution is 2.47. The molecule has 11 heteroatoms. The van der Waals surface area contributed by atoms with E-state index in [9.17, 15) is 29.8 Å². The molecule has 0 saturated heterocycles. The van der Waals surface area contributed by atoms with Crippen LogP contribution in [0.4, 0.5) is 17.1 Å². The molecule has 0 aliphatic carbocycles. The minimum atomic E-state index is -0.852. The van der Waals surface area contributed by atoms with Gasteiger partial charge in [0.25, 0.3) is 11.6 Å². The number of nitrogens with zero attached hydrogens (tertiary/aromatic N) is 3. The lowest BCUT2D eigenvalue weighted by Crippen LogP contribution is -2.33. The molecule has 0 atom stereocenters. The van der Waals surface area contributed by atoms with Crippen LogP contribution >= 0.6 is 0 Å². The molecule has 25 heavy (non-hydrogen) atoms. The maximum absolute atomic E-state index is 12.3. The van der Waals surface area contributed by atoms with Gasteiger partial charge in [0.2, 0.25) is 11.7 Å². The average Bonchev–Trinajstić information content (AvgIpc) is 2.95. The molecule has 0 aromatic heterocycles. The third-order valence-electron chi connectivity index (χ3n) is 3.68. The van der Waals surface area contributed by atoms with E-state index in [4.69, 9.17) is 10.5 Å². The SMILES string of the molecule is CC(C)C(=O)N1CCc2c(OCC(N)=O)c([N+](=O)[O-])cc([N+](=O)[O-])c21. The summed E-state index contributed by atoms with van der Waals surface area (Å²) in [5, 5.41) is 22.7. The second-order valence-corrected chi connectivity index (χ2v) is 5.73. The number of primary amides is 1. The predicted octanol–water partition coefficient (Wildman–Crippen LogP) is 0.912. The fraction of sp³-hybridized carbons (Fsp3) is 0.429. The zero-order chi connectivity index (χ0) is 18.9. The van der Waals surface area contributed by atoms with Gasteiger partial charge in [0, 0.05) is 18.0 Å². The maximum Gasteiger partial charge on any atom is 0.318 e. The third-order valence-corrected chi connectivity index (χ3v) is 3.68. The molecule has 11 nitrogen and oxygen atoms in total. The van der Waals surface area contributed by atoms with E-state index in [0.717, 1.165) is 6.07 Å². The zero-order valence-electron chi connectivity index (χ0n) is 13.6. The van der Waals surface area contributed by atoms with Gasteiger partial charge in [-0.2, -0.15) is 0 Å². The zero-order valence-corrected chi connectivity index (χ0v) is 13.6. The third kappa shape index (κ3) is 3.34. The van der Waals surface area contributed by atoms with Gasteiger partial charge >= 0.3 is 5.69 Å². The van der Waals surface area contributed by atoms with Crippen molar-refractivity contribution in [2.45, 2.75) is 20.3 Å². The second-order valence-electron chi connectivity index (χ2n) is 5.73. The van der Waals surface area contributed by atoms with Crippen molar-refractivity contribution in [1.82, 2.24) is 0 Å². The van der Waals surface area contributed by atoms with Gasteiger partial charge in [0.05, 0.1) is 9.85 Å². The topological polar surface area (TPSA) is 159 Å². The summed E-state index contributed by atoms with van der Waals surface area (Å²) in [6.45, 7) is 2.79. The number of carbonyl (C=O) groups is 2. The number of carbonyl (C=O) groups excluding carboxylic acids is 2. The first-order valence-electron chi connectivity index (χ1n) is 7.36. The Morgan fingerprint density at radius 1 is 1.28 bits per heavy atom. The van der Waals surface area contributed by atoms with Crippen LogP contribution in [0, 0.1) is 26.1 Å². The average molecular weight is 352 g/mol. The van der Waals surface area contributed by atoms with Crippen LogP contribution in [-0.2, 0) is 16.0 Å². The van der Waals surface area contributed by atoms with Crippen LogP contribution in [0.5, 0.6) is 5.75 Å². The van der Waals surface area contributed by atoms with Crippen LogP contribution in [-0.4, -0.2) is 34.8 Å². The van der Waals surface area contributed by atoms with E-state index in [0.29, 0.717) is 0 Å². The lowest BCUT2D eigenvalue weighted by molar-refractivity contribution is -0.394. The Kier molecular flexibility index (Phi) is 4.86. The summed E-state index contributed by atoms with van der Waals surface area (Å²) < 4.78 is 5.15. The lowest BCUT2D eigenvalue weighted by atomic mass is 10.1. The molecule has 1 aromatic carbocycles. The summed E-state index contributed by atoms with van der Waals surface area (Å²) in [4.78, 5) is 45.5. The Bertz CT molecular complexity index is 775. The van der Waals surface area contributed by atoms with Gasteiger partial charge in [-0.15, -0.1) is 0 Å². The number of hydrogen-bond acceptors (Lipinski definition) is 7. The molecular formula is C14H16N4O7. The first-order valence-corrected chi connectivity index (χ1v) is 7.36. The number of hydrogen-bond donors (Lipinski definition) is 1. The van der Waals surface area contributed by atoms with Crippen molar-refractivity contribution >= 4 is 28.9 Å². The van der Waals surface area contributed by atoms with E-state index >= 15 is 0 Å². The molecule has 0 spiro atoms. The van der Waals surface area contributed by atoms with Crippen LogP contribution in [0.3, 0.4) is 0 Å². The smallest absolute Gasteiger partial charge is 0.318 e. The summed E-state index contributed by atoms with van der Waals surface area (Å²) in [6, 6.07) is 0.737. The molecule has 1 aromatic rings. The summed E-state index contributed by atoms with van der Waals surface area (Å²) in [5.74, 6) is -1.90. The molecule has 2 amide bonds. The van der Waals surface area contributed by atoms with Crippen LogP contribution < -0.4 is 15.4 Å². The number of benzene rings is 1. The quantitative estimate of drug-likeness (QED) is 0.588. The molecule has 134 valence electrons. The van der Waals surface area contributed by atoms with Crippen LogP contribution in [0.25, 0.3) is 0 Å². The van der Waals surface area contributed by atoms with Crippen molar-refractivity contribution < 1.29 is 24.2 Å². The normalized spacial score (nSPS) is 12.8. The summed E-state index contributed by atoms with van der Waals surface area (Å²) in [7, 11) is 0. The van der Waals surface area contributed by atoms with Crippen molar-refractivity contribution in [2.24, 2.45) is 11.7 Å². The number of fused-ring (bicyclic) bond motifs is 1. The molecule has 1 aliphatic heterocycles. The summed E-state index contributed by atoms with van der Waals surface area (Å²) >= 11 is 0. The van der Waals surface area contributed by atoms with Gasteiger partial charge in [0.15, 0.2) is 6.61 Å². The van der Waals surface area contributed by atoms with Crippen molar-refractivity contribution in [3.63, 3.8) is 0 Å². The van der Waals surface area contributed by atoms with Gasteiger partial charge in [-0.25, -0.2) is 0 Å². The number of nitro benzene ring substituents is 2. The Hall–Kier alpha value is -3.24. The lowest BCUT2D eigenvalue weighted by Gasteiger charge is -2.19. The van der Waals surface area contributed by atoms with E-state index in [2.05, 4.69) is 0 Å². The van der Waals surface area contributed by atoms with Crippen LogP contribution in [0.15, 0.2) is 6.07 Å². The Balaban J connectivity index is 2.70. The van der Waals surface area contributed by atoms with Crippen molar-refractivity contribution in [1.29, 1.82) is 0 Å². The highest BCUT2D eigenvalue weighted by atomic mass is 16.6. The highest BCUT2D eigenvalue weighted by Gasteiger charge is 2.40. The van der Waals surface area contributed by atoms with Gasteiger partial charge in [0.1, 0.15) is 11.8 Å². The molecule has 0 fully saturated rings. The molecular weight excluding hydrogens is 336 g/mol. The van der Waals surface area contributed by atoms with Gasteiger partial charge in [-0.3, -0.25) is 29.8 Å². The maximum atomic E-state index is 12.3. The van der Waals surface area contributed by atoms with Gasteiger partial charge in [-0.1, -0.05) is 13.8 Å². The van der Waals surface area contributed by atoms with E-state index in [1.54, 1.807) is 13.8 Å². The van der Waals surface area contributed by atoms with Crippen LogP contribution in [0.2, 0.25) is 0 Å². The molecule has 0 saturated carbocycles. The van der Waals surface area contributed by atoms with Gasteiger partial charge < -0.3 is 15.4 Å². The van der Waals surface area contributed by atoms with E-state index in [1.807, 2.05) is 0 Å². The highest BCUT2D eigenvalue weighted by molar-refractivity contribution is 6.00. The Morgan fingerprint density at radius 2 is 1.88 bits per heavy atom. The minimum Gasteiger partial charge on any atom is -0.476 e. The molecule has 0 radical (unpaired) electrons. The number of ether oxygens (including phenoxy) is 1. The minimum absolute atomic E-state index is 0.0335. The number of amides is 2. The molecule has 2 N–H and O–H groups in total. The first kappa shape index (κ1) is 18.1. The van der Waals surface area contributed by atoms with Crippen molar-refractivity contribution in [3.8, 4) is 5.75 Å². The Labute approximate surface area is 141 Å². The van der Waals surface area contributed by atoms with Crippen molar-refractivity contribution in [3.05, 3.63) is 31.9 Å². The standard InChI is InChI=1S/C14H16N4O7/c1-7(2)14(20)16-4-3-8-12(16)9(17(21)22)5-10(18(23)24)13(8)25-6-11(15)19/h5,7H,3-4,6H2,1-2H3,(H2,15,19). The summed E-state index contributed by atoms with van der Waals surface area (Å²) in [6.07, 6.45) is 0.129. The second kappa shape index (κ2) is 6.71. The molecule has 0 unspecified atom stereocenters.